The lowest BCUT2D eigenvalue weighted by Crippen LogP contribution is -2.46. The molecule has 44 heavy (non-hydrogen) atoms. The van der Waals surface area contributed by atoms with E-state index >= 15 is 0 Å². The maximum atomic E-state index is 12.8. The molecule has 2 amide bonds. The molecule has 5 rings (SSSR count). The summed E-state index contributed by atoms with van der Waals surface area (Å²) in [5.74, 6) is 1.88. The first-order valence-corrected chi connectivity index (χ1v) is 15.2. The summed E-state index contributed by atoms with van der Waals surface area (Å²) < 4.78 is 11.2. The number of rotatable bonds is 10. The van der Waals surface area contributed by atoms with E-state index in [1.54, 1.807) is 12.3 Å². The first-order chi connectivity index (χ1) is 21.1. The number of oxazole rings is 1. The second kappa shape index (κ2) is 13.7. The second-order valence-electron chi connectivity index (χ2n) is 12.7. The maximum Gasteiger partial charge on any atom is 0.270 e. The number of aliphatic hydroxyl groups excluding tert-OH is 1. The van der Waals surface area contributed by atoms with Gasteiger partial charge in [-0.1, -0.05) is 26.8 Å². The van der Waals surface area contributed by atoms with Crippen molar-refractivity contribution in [3.05, 3.63) is 65.3 Å². The highest BCUT2D eigenvalue weighted by Crippen LogP contribution is 2.30. The number of nitrogens with zero attached hydrogens (tertiary/aromatic N) is 5. The van der Waals surface area contributed by atoms with Gasteiger partial charge >= 0.3 is 0 Å². The average molecular weight is 606 g/mol. The molecule has 0 aliphatic carbocycles. The minimum absolute atomic E-state index is 0.114. The molecular formula is C32H43N7O5. The van der Waals surface area contributed by atoms with Crippen LogP contribution in [0.2, 0.25) is 0 Å². The standard InChI is InChI=1S/C32H43N7O5/c1-21-26-9-10-38(16-22(26)5-6-28(21)43-18-25-15-33-20-44-25)17-24(40)14-34-30(41)27-13-29(36-19-35-27)37-23-7-11-39(12-8-23)31(42)32(2,3)4/h5-6,13,15,19-20,23-24,40H,7-12,14,16-18H2,1-4H3,(H,34,41)(H,35,36,37)/t24-/m0/s1. The third-order valence-electron chi connectivity index (χ3n) is 8.21. The third kappa shape index (κ3) is 7.92. The lowest BCUT2D eigenvalue weighted by Gasteiger charge is -2.36. The molecule has 1 aromatic carbocycles. The number of hydrogen-bond acceptors (Lipinski definition) is 10. The van der Waals surface area contributed by atoms with Crippen molar-refractivity contribution >= 4 is 17.6 Å². The Labute approximate surface area is 258 Å². The van der Waals surface area contributed by atoms with Gasteiger partial charge in [0, 0.05) is 56.8 Å². The van der Waals surface area contributed by atoms with Gasteiger partial charge in [-0.25, -0.2) is 15.0 Å². The Bertz CT molecular complexity index is 1430. The SMILES string of the molecule is Cc1c(OCc2cnco2)ccc2c1CCN(C[C@@H](O)CNC(=O)c1cc(NC3CCN(C(=O)C(C)(C)C)CC3)ncn1)C2. The number of anilines is 1. The highest BCUT2D eigenvalue weighted by Gasteiger charge is 2.30. The van der Waals surface area contributed by atoms with Crippen LogP contribution in [-0.4, -0.2) is 86.5 Å². The summed E-state index contributed by atoms with van der Waals surface area (Å²) in [6.45, 7) is 11.7. The molecule has 2 aromatic heterocycles. The quantitative estimate of drug-likeness (QED) is 0.315. The van der Waals surface area contributed by atoms with Crippen molar-refractivity contribution < 1.29 is 23.8 Å². The zero-order valence-electron chi connectivity index (χ0n) is 26.0. The molecule has 1 fully saturated rings. The fourth-order valence-electron chi connectivity index (χ4n) is 5.79. The number of amides is 2. The van der Waals surface area contributed by atoms with Gasteiger partial charge in [0.2, 0.25) is 5.91 Å². The summed E-state index contributed by atoms with van der Waals surface area (Å²) >= 11 is 0. The van der Waals surface area contributed by atoms with Gasteiger partial charge in [-0.05, 0) is 48.9 Å². The smallest absolute Gasteiger partial charge is 0.270 e. The predicted octanol–water partition coefficient (Wildman–Crippen LogP) is 2.95. The molecule has 12 nitrogen and oxygen atoms in total. The fourth-order valence-corrected chi connectivity index (χ4v) is 5.79. The normalized spacial score (nSPS) is 16.7. The Hall–Kier alpha value is -4.03. The minimum Gasteiger partial charge on any atom is -0.485 e. The van der Waals surface area contributed by atoms with E-state index in [0.717, 1.165) is 37.1 Å². The maximum absolute atomic E-state index is 12.8. The number of carbonyl (C=O) groups is 2. The van der Waals surface area contributed by atoms with E-state index in [1.165, 1.54) is 23.8 Å². The highest BCUT2D eigenvalue weighted by molar-refractivity contribution is 5.92. The summed E-state index contributed by atoms with van der Waals surface area (Å²) in [6.07, 6.45) is 6.13. The number of likely N-dealkylation sites (tertiary alicyclic amines) is 1. The van der Waals surface area contributed by atoms with E-state index < -0.39 is 6.10 Å². The number of hydrogen-bond donors (Lipinski definition) is 3. The number of carbonyl (C=O) groups excluding carboxylic acids is 2. The molecule has 0 spiro atoms. The van der Waals surface area contributed by atoms with E-state index in [1.807, 2.05) is 31.7 Å². The number of aromatic nitrogens is 3. The van der Waals surface area contributed by atoms with Gasteiger partial charge in [-0.15, -0.1) is 0 Å². The minimum atomic E-state index is -0.730. The lowest BCUT2D eigenvalue weighted by atomic mass is 9.93. The molecule has 12 heteroatoms. The summed E-state index contributed by atoms with van der Waals surface area (Å²) in [6, 6.07) is 5.84. The van der Waals surface area contributed by atoms with Crippen LogP contribution in [0.25, 0.3) is 0 Å². The average Bonchev–Trinajstić information content (AvgIpc) is 3.53. The third-order valence-corrected chi connectivity index (χ3v) is 8.21. The molecule has 236 valence electrons. The largest absolute Gasteiger partial charge is 0.485 e. The lowest BCUT2D eigenvalue weighted by molar-refractivity contribution is -0.140. The number of fused-ring (bicyclic) bond motifs is 1. The number of nitrogens with one attached hydrogen (secondary N) is 2. The second-order valence-corrected chi connectivity index (χ2v) is 12.7. The molecule has 0 unspecified atom stereocenters. The molecule has 2 aliphatic rings. The predicted molar refractivity (Wildman–Crippen MR) is 164 cm³/mol. The van der Waals surface area contributed by atoms with Crippen LogP contribution in [0.3, 0.4) is 0 Å². The highest BCUT2D eigenvalue weighted by atomic mass is 16.5. The van der Waals surface area contributed by atoms with Gasteiger partial charge < -0.3 is 29.8 Å². The number of piperidine rings is 1. The van der Waals surface area contributed by atoms with Crippen LogP contribution in [-0.2, 0) is 24.4 Å². The van der Waals surface area contributed by atoms with Crippen LogP contribution >= 0.6 is 0 Å². The van der Waals surface area contributed by atoms with Crippen molar-refractivity contribution in [2.45, 2.75) is 72.3 Å². The molecule has 0 radical (unpaired) electrons. The summed E-state index contributed by atoms with van der Waals surface area (Å²) in [5.41, 5.74) is 3.45. The Morgan fingerprint density at radius 1 is 1.18 bits per heavy atom. The Morgan fingerprint density at radius 3 is 2.70 bits per heavy atom. The van der Waals surface area contributed by atoms with E-state index in [-0.39, 0.29) is 35.5 Å². The van der Waals surface area contributed by atoms with Crippen LogP contribution in [0.5, 0.6) is 5.75 Å². The van der Waals surface area contributed by atoms with E-state index in [9.17, 15) is 14.7 Å². The zero-order chi connectivity index (χ0) is 31.3. The molecule has 0 saturated carbocycles. The van der Waals surface area contributed by atoms with Gasteiger partial charge in [-0.2, -0.15) is 0 Å². The molecule has 0 bridgehead atoms. The van der Waals surface area contributed by atoms with Gasteiger partial charge in [0.1, 0.15) is 30.2 Å². The molecule has 4 heterocycles. The number of benzene rings is 1. The van der Waals surface area contributed by atoms with Crippen molar-refractivity contribution in [2.75, 3.05) is 38.0 Å². The van der Waals surface area contributed by atoms with Crippen LogP contribution in [0.1, 0.15) is 66.6 Å². The Morgan fingerprint density at radius 2 is 1.98 bits per heavy atom. The topological polar surface area (TPSA) is 146 Å². The van der Waals surface area contributed by atoms with Crippen molar-refractivity contribution in [3.8, 4) is 5.75 Å². The van der Waals surface area contributed by atoms with Crippen LogP contribution in [0, 0.1) is 12.3 Å². The van der Waals surface area contributed by atoms with Crippen LogP contribution in [0.15, 0.2) is 41.5 Å². The fraction of sp³-hybridized carbons (Fsp3) is 0.531. The van der Waals surface area contributed by atoms with Crippen molar-refractivity contribution in [1.82, 2.24) is 30.1 Å². The number of ether oxygens (including phenoxy) is 1. The van der Waals surface area contributed by atoms with Gasteiger partial charge in [0.15, 0.2) is 12.2 Å². The van der Waals surface area contributed by atoms with Crippen LogP contribution < -0.4 is 15.4 Å². The van der Waals surface area contributed by atoms with E-state index in [0.29, 0.717) is 44.4 Å². The first kappa shape index (κ1) is 31.4. The van der Waals surface area contributed by atoms with E-state index in [4.69, 9.17) is 9.15 Å². The van der Waals surface area contributed by atoms with Crippen molar-refractivity contribution in [2.24, 2.45) is 5.41 Å². The van der Waals surface area contributed by atoms with Gasteiger partial charge in [0.05, 0.1) is 12.3 Å². The van der Waals surface area contributed by atoms with Gasteiger partial charge in [0.25, 0.3) is 5.91 Å². The van der Waals surface area contributed by atoms with E-state index in [2.05, 4.69) is 43.5 Å². The number of aliphatic hydroxyl groups is 1. The summed E-state index contributed by atoms with van der Waals surface area (Å²) in [7, 11) is 0. The molecule has 1 atom stereocenters. The molecule has 3 aromatic rings. The molecule has 2 aliphatic heterocycles. The molecule has 3 N–H and O–H groups in total. The Balaban J connectivity index is 1.06. The van der Waals surface area contributed by atoms with Crippen molar-refractivity contribution in [1.29, 1.82) is 0 Å². The first-order valence-electron chi connectivity index (χ1n) is 15.2. The van der Waals surface area contributed by atoms with Gasteiger partial charge in [-0.3, -0.25) is 14.5 Å². The molecular weight excluding hydrogens is 562 g/mol. The monoisotopic (exact) mass is 605 g/mol. The summed E-state index contributed by atoms with van der Waals surface area (Å²) in [5, 5.41) is 16.9. The number of β-amino-alcohol motifs (C(OH)–C–C–N with tert-alkyl or cyclic N) is 1. The van der Waals surface area contributed by atoms with Crippen molar-refractivity contribution in [3.63, 3.8) is 0 Å². The zero-order valence-corrected chi connectivity index (χ0v) is 26.0. The summed E-state index contributed by atoms with van der Waals surface area (Å²) in [4.78, 5) is 41.8. The Kier molecular flexibility index (Phi) is 9.80. The molecule has 1 saturated heterocycles. The van der Waals surface area contributed by atoms with Crippen LogP contribution in [0.4, 0.5) is 5.82 Å².